The molecule has 72 valence electrons. The quantitative estimate of drug-likeness (QED) is 0.457. The second kappa shape index (κ2) is 3.47. The van der Waals surface area contributed by atoms with Crippen LogP contribution in [-0.2, 0) is 0 Å². The number of thiophene rings is 1. The van der Waals surface area contributed by atoms with Crippen LogP contribution in [0, 0.1) is 20.6 Å². The Morgan fingerprint density at radius 3 is 2.86 bits per heavy atom. The van der Waals surface area contributed by atoms with Crippen LogP contribution >= 0.6 is 33.9 Å². The van der Waals surface area contributed by atoms with Crippen LogP contribution in [0.1, 0.15) is 5.56 Å². The maximum atomic E-state index is 10.6. The largest absolute Gasteiger partial charge is 0.271 e. The van der Waals surface area contributed by atoms with E-state index in [9.17, 15) is 10.1 Å². The van der Waals surface area contributed by atoms with E-state index in [-0.39, 0.29) is 10.6 Å². The molecule has 0 unspecified atom stereocenters. The third-order valence-electron chi connectivity index (χ3n) is 2.02. The molecule has 3 nitrogen and oxygen atoms in total. The van der Waals surface area contributed by atoms with Gasteiger partial charge in [0.1, 0.15) is 0 Å². The first-order valence-corrected chi connectivity index (χ1v) is 5.87. The Balaban J connectivity index is 2.80. The van der Waals surface area contributed by atoms with Gasteiger partial charge in [-0.1, -0.05) is 0 Å². The van der Waals surface area contributed by atoms with Gasteiger partial charge in [-0.05, 0) is 35.1 Å². The van der Waals surface area contributed by atoms with Crippen molar-refractivity contribution < 1.29 is 4.92 Å². The number of rotatable bonds is 1. The summed E-state index contributed by atoms with van der Waals surface area (Å²) in [5, 5.41) is 13.8. The summed E-state index contributed by atoms with van der Waals surface area (Å²) < 4.78 is 2.15. The number of aryl methyl sites for hydroxylation is 1. The van der Waals surface area contributed by atoms with Gasteiger partial charge in [0.25, 0.3) is 5.69 Å². The van der Waals surface area contributed by atoms with E-state index < -0.39 is 0 Å². The summed E-state index contributed by atoms with van der Waals surface area (Å²) in [5.41, 5.74) is 1.15. The molecule has 0 saturated heterocycles. The Bertz CT molecular complexity index is 521. The lowest BCUT2D eigenvalue weighted by atomic mass is 10.1. The second-order valence-corrected chi connectivity index (χ2v) is 5.05. The summed E-state index contributed by atoms with van der Waals surface area (Å²) in [6, 6.07) is 3.26. The summed E-state index contributed by atoms with van der Waals surface area (Å²) in [6.45, 7) is 1.91. The van der Waals surface area contributed by atoms with Crippen molar-refractivity contribution in [3.05, 3.63) is 36.8 Å². The molecule has 0 aliphatic rings. The van der Waals surface area contributed by atoms with E-state index in [2.05, 4.69) is 22.6 Å². The number of nitrogens with zero attached hydrogens (tertiary/aromatic N) is 1. The van der Waals surface area contributed by atoms with Crippen molar-refractivity contribution in [2.45, 2.75) is 6.92 Å². The van der Waals surface area contributed by atoms with Gasteiger partial charge in [0.05, 0.1) is 4.92 Å². The zero-order valence-corrected chi connectivity index (χ0v) is 10.3. The molecule has 0 bridgehead atoms. The zero-order valence-electron chi connectivity index (χ0n) is 7.28. The SMILES string of the molecule is Cc1cc([N+](=O)[O-])cc2scc(I)c12. The topological polar surface area (TPSA) is 43.1 Å². The Kier molecular flexibility index (Phi) is 2.44. The van der Waals surface area contributed by atoms with Crippen LogP contribution in [0.25, 0.3) is 10.1 Å². The predicted octanol–water partition coefficient (Wildman–Crippen LogP) is 3.72. The summed E-state index contributed by atoms with van der Waals surface area (Å²) in [7, 11) is 0. The number of fused-ring (bicyclic) bond motifs is 1. The highest BCUT2D eigenvalue weighted by Gasteiger charge is 2.12. The molecule has 0 aliphatic heterocycles. The van der Waals surface area contributed by atoms with Crippen molar-refractivity contribution in [1.82, 2.24) is 0 Å². The maximum absolute atomic E-state index is 10.6. The highest BCUT2D eigenvalue weighted by atomic mass is 127. The molecule has 14 heavy (non-hydrogen) atoms. The standard InChI is InChI=1S/C9H6INO2S/c1-5-2-6(11(12)13)3-8-9(5)7(10)4-14-8/h2-4H,1H3. The van der Waals surface area contributed by atoms with Gasteiger partial charge in [-0.2, -0.15) is 0 Å². The molecule has 1 aromatic heterocycles. The van der Waals surface area contributed by atoms with Gasteiger partial charge in [-0.25, -0.2) is 0 Å². The molecule has 0 atom stereocenters. The number of hydrogen-bond donors (Lipinski definition) is 0. The molecule has 2 aromatic rings. The predicted molar refractivity (Wildman–Crippen MR) is 65.9 cm³/mol. The van der Waals surface area contributed by atoms with E-state index in [0.29, 0.717) is 0 Å². The molecule has 5 heteroatoms. The van der Waals surface area contributed by atoms with Crippen LogP contribution < -0.4 is 0 Å². The summed E-state index contributed by atoms with van der Waals surface area (Å²) in [4.78, 5) is 10.3. The van der Waals surface area contributed by atoms with Crippen molar-refractivity contribution in [2.75, 3.05) is 0 Å². The molecule has 1 heterocycles. The van der Waals surface area contributed by atoms with Crippen molar-refractivity contribution >= 4 is 49.7 Å². The van der Waals surface area contributed by atoms with Gasteiger partial charge in [0.2, 0.25) is 0 Å². The lowest BCUT2D eigenvalue weighted by Crippen LogP contribution is -1.88. The van der Waals surface area contributed by atoms with E-state index in [1.54, 1.807) is 23.5 Å². The van der Waals surface area contributed by atoms with E-state index in [1.807, 2.05) is 12.3 Å². The van der Waals surface area contributed by atoms with E-state index in [1.165, 1.54) is 0 Å². The fraction of sp³-hybridized carbons (Fsp3) is 0.111. The fourth-order valence-electron chi connectivity index (χ4n) is 1.42. The third-order valence-corrected chi connectivity index (χ3v) is 4.23. The Morgan fingerprint density at radius 1 is 1.50 bits per heavy atom. The molecule has 0 spiro atoms. The van der Waals surface area contributed by atoms with Crippen LogP contribution in [0.2, 0.25) is 0 Å². The average molecular weight is 319 g/mol. The highest BCUT2D eigenvalue weighted by Crippen LogP contribution is 2.33. The first-order valence-electron chi connectivity index (χ1n) is 3.91. The zero-order chi connectivity index (χ0) is 10.3. The molecule has 0 N–H and O–H groups in total. The molecular formula is C9H6INO2S. The van der Waals surface area contributed by atoms with Crippen molar-refractivity contribution in [1.29, 1.82) is 0 Å². The number of halogens is 1. The Morgan fingerprint density at radius 2 is 2.21 bits per heavy atom. The molecule has 2 rings (SSSR count). The molecule has 0 aliphatic carbocycles. The van der Waals surface area contributed by atoms with Crippen molar-refractivity contribution in [3.8, 4) is 0 Å². The minimum Gasteiger partial charge on any atom is -0.258 e. The fourth-order valence-corrected chi connectivity index (χ4v) is 3.62. The van der Waals surface area contributed by atoms with Gasteiger partial charge < -0.3 is 0 Å². The minimum atomic E-state index is -0.348. The van der Waals surface area contributed by atoms with Gasteiger partial charge in [0.15, 0.2) is 0 Å². The Hall–Kier alpha value is -0.690. The van der Waals surface area contributed by atoms with Gasteiger partial charge in [-0.15, -0.1) is 11.3 Å². The molecule has 1 aromatic carbocycles. The molecule has 0 radical (unpaired) electrons. The number of hydrogen-bond acceptors (Lipinski definition) is 3. The second-order valence-electron chi connectivity index (χ2n) is 2.98. The van der Waals surface area contributed by atoms with E-state index in [0.717, 1.165) is 19.2 Å². The lowest BCUT2D eigenvalue weighted by molar-refractivity contribution is -0.384. The van der Waals surface area contributed by atoms with Gasteiger partial charge in [0, 0.05) is 31.2 Å². The molecule has 0 saturated carbocycles. The number of nitro groups is 1. The van der Waals surface area contributed by atoms with Crippen LogP contribution in [0.3, 0.4) is 0 Å². The van der Waals surface area contributed by atoms with Crippen LogP contribution in [0.4, 0.5) is 5.69 Å². The number of benzene rings is 1. The van der Waals surface area contributed by atoms with Crippen molar-refractivity contribution in [3.63, 3.8) is 0 Å². The molecule has 0 amide bonds. The first kappa shape index (κ1) is 9.85. The summed E-state index contributed by atoms with van der Waals surface area (Å²) >= 11 is 3.80. The molecular weight excluding hydrogens is 313 g/mol. The van der Waals surface area contributed by atoms with Crippen LogP contribution in [0.5, 0.6) is 0 Å². The summed E-state index contributed by atoms with van der Waals surface area (Å²) in [5.74, 6) is 0. The number of non-ortho nitro benzene ring substituents is 1. The molecule has 0 fully saturated rings. The normalized spacial score (nSPS) is 10.7. The monoisotopic (exact) mass is 319 g/mol. The summed E-state index contributed by atoms with van der Waals surface area (Å²) in [6.07, 6.45) is 0. The van der Waals surface area contributed by atoms with Gasteiger partial charge in [-0.3, -0.25) is 10.1 Å². The van der Waals surface area contributed by atoms with E-state index >= 15 is 0 Å². The first-order chi connectivity index (χ1) is 6.59. The maximum Gasteiger partial charge on any atom is 0.271 e. The third kappa shape index (κ3) is 1.50. The van der Waals surface area contributed by atoms with Crippen LogP contribution in [-0.4, -0.2) is 4.92 Å². The van der Waals surface area contributed by atoms with E-state index in [4.69, 9.17) is 0 Å². The van der Waals surface area contributed by atoms with Gasteiger partial charge >= 0.3 is 0 Å². The smallest absolute Gasteiger partial charge is 0.258 e. The highest BCUT2D eigenvalue weighted by molar-refractivity contribution is 14.1. The van der Waals surface area contributed by atoms with Crippen LogP contribution in [0.15, 0.2) is 17.5 Å². The number of nitro benzene ring substituents is 1. The van der Waals surface area contributed by atoms with Crippen molar-refractivity contribution in [2.24, 2.45) is 0 Å². The average Bonchev–Trinajstić information content (AvgIpc) is 2.48. The Labute approximate surface area is 98.0 Å². The lowest BCUT2D eigenvalue weighted by Gasteiger charge is -1.97. The minimum absolute atomic E-state index is 0.174.